The van der Waals surface area contributed by atoms with E-state index in [2.05, 4.69) is 5.32 Å². The van der Waals surface area contributed by atoms with E-state index in [1.54, 1.807) is 20.1 Å². The summed E-state index contributed by atoms with van der Waals surface area (Å²) in [5.41, 5.74) is 2.03. The molecular weight excluding hydrogens is 396 g/mol. The number of hydrogen-bond acceptors (Lipinski definition) is 6. The van der Waals surface area contributed by atoms with E-state index < -0.39 is 6.04 Å². The summed E-state index contributed by atoms with van der Waals surface area (Å²) in [6.45, 7) is 5.32. The highest BCUT2D eigenvalue weighted by molar-refractivity contribution is 6.08. The first kappa shape index (κ1) is 21.2. The van der Waals surface area contributed by atoms with Crippen LogP contribution in [0.5, 0.6) is 5.75 Å². The van der Waals surface area contributed by atoms with Gasteiger partial charge in [-0.2, -0.15) is 0 Å². The number of ether oxygens (including phenoxy) is 2. The van der Waals surface area contributed by atoms with E-state index >= 15 is 0 Å². The zero-order chi connectivity index (χ0) is 22.0. The van der Waals surface area contributed by atoms with Gasteiger partial charge in [-0.3, -0.25) is 14.5 Å². The molecule has 2 aromatic carbocycles. The number of fused-ring (bicyclic) bond motifs is 3. The van der Waals surface area contributed by atoms with Crippen molar-refractivity contribution in [1.82, 2.24) is 4.90 Å². The Morgan fingerprint density at radius 3 is 2.81 bits per heavy atom. The lowest BCUT2D eigenvalue weighted by Gasteiger charge is -2.35. The van der Waals surface area contributed by atoms with Crippen LogP contribution in [0.15, 0.2) is 40.8 Å². The molecule has 1 aliphatic rings. The monoisotopic (exact) mass is 424 g/mol. The second kappa shape index (κ2) is 8.98. The first-order chi connectivity index (χ1) is 15.0. The third kappa shape index (κ3) is 4.23. The molecule has 0 bridgehead atoms. The molecule has 1 aromatic heterocycles. The number of anilines is 1. The summed E-state index contributed by atoms with van der Waals surface area (Å²) in [5.74, 6) is 0.0446. The molecular formula is C24H28N2O5. The van der Waals surface area contributed by atoms with Gasteiger partial charge in [0.25, 0.3) is 0 Å². The maximum Gasteiger partial charge on any atom is 0.310 e. The number of likely N-dealkylation sites (tertiary alicyclic amines) is 1. The number of carbonyl (C=O) groups excluding carboxylic acids is 2. The molecule has 1 fully saturated rings. The van der Waals surface area contributed by atoms with E-state index in [9.17, 15) is 9.59 Å². The number of piperidine rings is 1. The van der Waals surface area contributed by atoms with E-state index in [-0.39, 0.29) is 17.8 Å². The minimum absolute atomic E-state index is 0.154. The minimum Gasteiger partial charge on any atom is -0.495 e. The van der Waals surface area contributed by atoms with Gasteiger partial charge in [-0.1, -0.05) is 18.2 Å². The van der Waals surface area contributed by atoms with E-state index in [4.69, 9.17) is 13.9 Å². The van der Waals surface area contributed by atoms with Crippen molar-refractivity contribution in [1.29, 1.82) is 0 Å². The smallest absolute Gasteiger partial charge is 0.310 e. The van der Waals surface area contributed by atoms with Crippen molar-refractivity contribution in [2.45, 2.75) is 32.7 Å². The summed E-state index contributed by atoms with van der Waals surface area (Å²) in [6, 6.07) is 11.1. The average Bonchev–Trinajstić information content (AvgIpc) is 3.15. The molecule has 0 radical (unpaired) electrons. The topological polar surface area (TPSA) is 81.0 Å². The molecule has 0 spiro atoms. The predicted molar refractivity (Wildman–Crippen MR) is 119 cm³/mol. The van der Waals surface area contributed by atoms with Gasteiger partial charge >= 0.3 is 5.97 Å². The van der Waals surface area contributed by atoms with Crippen molar-refractivity contribution >= 4 is 39.5 Å². The first-order valence-corrected chi connectivity index (χ1v) is 10.7. The Bertz CT molecular complexity index is 1110. The van der Waals surface area contributed by atoms with Crippen LogP contribution in [0.2, 0.25) is 0 Å². The van der Waals surface area contributed by atoms with Crippen LogP contribution in [0.25, 0.3) is 21.9 Å². The van der Waals surface area contributed by atoms with Crippen LogP contribution in [-0.2, 0) is 14.3 Å². The molecule has 1 saturated heterocycles. The van der Waals surface area contributed by atoms with Crippen LogP contribution in [-0.4, -0.2) is 49.6 Å². The third-order valence-corrected chi connectivity index (χ3v) is 5.96. The van der Waals surface area contributed by atoms with Crippen LogP contribution in [0.4, 0.5) is 5.69 Å². The van der Waals surface area contributed by atoms with E-state index in [0.29, 0.717) is 30.2 Å². The normalized spacial score (nSPS) is 18.1. The van der Waals surface area contributed by atoms with Crippen LogP contribution < -0.4 is 10.1 Å². The van der Waals surface area contributed by atoms with Crippen molar-refractivity contribution in [2.24, 2.45) is 5.92 Å². The molecule has 164 valence electrons. The fourth-order valence-corrected chi connectivity index (χ4v) is 4.23. The van der Waals surface area contributed by atoms with Gasteiger partial charge in [-0.15, -0.1) is 0 Å². The first-order valence-electron chi connectivity index (χ1n) is 10.7. The predicted octanol–water partition coefficient (Wildman–Crippen LogP) is 4.20. The Hall–Kier alpha value is -3.06. The Morgan fingerprint density at radius 1 is 1.23 bits per heavy atom. The van der Waals surface area contributed by atoms with Gasteiger partial charge < -0.3 is 19.2 Å². The molecule has 2 atom stereocenters. The summed E-state index contributed by atoms with van der Waals surface area (Å²) >= 11 is 0. The summed E-state index contributed by atoms with van der Waals surface area (Å²) in [4.78, 5) is 27.2. The third-order valence-electron chi connectivity index (χ3n) is 5.96. The number of benzene rings is 2. The second-order valence-electron chi connectivity index (χ2n) is 7.90. The number of nitrogens with one attached hydrogen (secondary N) is 1. The van der Waals surface area contributed by atoms with Gasteiger partial charge in [0, 0.05) is 23.4 Å². The van der Waals surface area contributed by atoms with Crippen LogP contribution in [0, 0.1) is 5.92 Å². The molecule has 0 aliphatic carbocycles. The second-order valence-corrected chi connectivity index (χ2v) is 7.90. The van der Waals surface area contributed by atoms with Gasteiger partial charge in [-0.05, 0) is 45.4 Å². The number of esters is 1. The largest absolute Gasteiger partial charge is 0.495 e. The number of para-hydroxylation sites is 1. The lowest BCUT2D eigenvalue weighted by Crippen LogP contribution is -2.48. The van der Waals surface area contributed by atoms with Crippen LogP contribution >= 0.6 is 0 Å². The molecule has 0 saturated carbocycles. The SMILES string of the molecule is CCOC(=O)[C@@H]1CCCN([C@@H](C)C(=O)Nc2cc3oc4ccccc4c3cc2OC)C1. The summed E-state index contributed by atoms with van der Waals surface area (Å²) < 4.78 is 16.7. The number of furan rings is 1. The van der Waals surface area contributed by atoms with E-state index in [1.165, 1.54) is 0 Å². The van der Waals surface area contributed by atoms with Gasteiger partial charge in [0.15, 0.2) is 0 Å². The molecule has 7 heteroatoms. The molecule has 2 heterocycles. The molecule has 1 amide bonds. The summed E-state index contributed by atoms with van der Waals surface area (Å²) in [7, 11) is 1.58. The van der Waals surface area contributed by atoms with E-state index in [0.717, 1.165) is 35.7 Å². The van der Waals surface area contributed by atoms with Gasteiger partial charge in [0.05, 0.1) is 31.4 Å². The Balaban J connectivity index is 1.53. The Kier molecular flexibility index (Phi) is 6.13. The van der Waals surface area contributed by atoms with Gasteiger partial charge in [0.1, 0.15) is 16.9 Å². The zero-order valence-corrected chi connectivity index (χ0v) is 18.1. The fourth-order valence-electron chi connectivity index (χ4n) is 4.23. The molecule has 0 unspecified atom stereocenters. The lowest BCUT2D eigenvalue weighted by molar-refractivity contribution is -0.150. The molecule has 1 N–H and O–H groups in total. The zero-order valence-electron chi connectivity index (χ0n) is 18.1. The average molecular weight is 424 g/mol. The number of hydrogen-bond donors (Lipinski definition) is 1. The molecule has 3 aromatic rings. The van der Waals surface area contributed by atoms with Crippen LogP contribution in [0.3, 0.4) is 0 Å². The highest BCUT2D eigenvalue weighted by Gasteiger charge is 2.32. The summed E-state index contributed by atoms with van der Waals surface area (Å²) in [5, 5.41) is 4.92. The maximum atomic E-state index is 13.0. The van der Waals surface area contributed by atoms with Gasteiger partial charge in [0.2, 0.25) is 5.91 Å². The van der Waals surface area contributed by atoms with Crippen molar-refractivity contribution in [2.75, 3.05) is 32.1 Å². The molecule has 7 nitrogen and oxygen atoms in total. The Morgan fingerprint density at radius 2 is 2.03 bits per heavy atom. The highest BCUT2D eigenvalue weighted by Crippen LogP contribution is 2.36. The lowest BCUT2D eigenvalue weighted by atomic mass is 9.97. The minimum atomic E-state index is -0.395. The number of nitrogens with zero attached hydrogens (tertiary/aromatic N) is 1. The molecule has 4 rings (SSSR count). The fraction of sp³-hybridized carbons (Fsp3) is 0.417. The quantitative estimate of drug-likeness (QED) is 0.598. The number of rotatable bonds is 6. The van der Waals surface area contributed by atoms with E-state index in [1.807, 2.05) is 42.2 Å². The standard InChI is InChI=1S/C24H28N2O5/c1-4-30-24(28)16-8-7-11-26(14-16)15(2)23(27)25-19-13-21-18(12-22(19)29-3)17-9-5-6-10-20(17)31-21/h5-6,9-10,12-13,15-16H,4,7-8,11,14H2,1-3H3,(H,25,27)/t15-,16+/m0/s1. The van der Waals surface area contributed by atoms with Crippen molar-refractivity contribution < 1.29 is 23.5 Å². The molecule has 31 heavy (non-hydrogen) atoms. The number of amides is 1. The van der Waals surface area contributed by atoms with Crippen molar-refractivity contribution in [3.63, 3.8) is 0 Å². The Labute approximate surface area is 181 Å². The summed E-state index contributed by atoms with van der Waals surface area (Å²) in [6.07, 6.45) is 1.65. The number of methoxy groups -OCH3 is 1. The molecule has 1 aliphatic heterocycles. The highest BCUT2D eigenvalue weighted by atomic mass is 16.5. The van der Waals surface area contributed by atoms with Crippen molar-refractivity contribution in [3.8, 4) is 5.75 Å². The van der Waals surface area contributed by atoms with Gasteiger partial charge in [-0.25, -0.2) is 0 Å². The maximum absolute atomic E-state index is 13.0. The number of carbonyl (C=O) groups is 2. The van der Waals surface area contributed by atoms with Crippen LogP contribution in [0.1, 0.15) is 26.7 Å². The van der Waals surface area contributed by atoms with Crippen molar-refractivity contribution in [3.05, 3.63) is 36.4 Å².